The van der Waals surface area contributed by atoms with E-state index in [1.807, 2.05) is 37.3 Å². The van der Waals surface area contributed by atoms with E-state index in [4.69, 9.17) is 4.74 Å². The van der Waals surface area contributed by atoms with Gasteiger partial charge in [0.15, 0.2) is 0 Å². The third-order valence-corrected chi connectivity index (χ3v) is 9.63. The molecule has 1 aliphatic heterocycles. The highest BCUT2D eigenvalue weighted by Crippen LogP contribution is 2.47. The molecule has 31 heavy (non-hydrogen) atoms. The van der Waals surface area contributed by atoms with E-state index in [1.54, 1.807) is 4.90 Å². The predicted molar refractivity (Wildman–Crippen MR) is 117 cm³/mol. The summed E-state index contributed by atoms with van der Waals surface area (Å²) in [4.78, 5) is 27.9. The molecule has 2 aliphatic rings. The van der Waals surface area contributed by atoms with Crippen molar-refractivity contribution in [2.24, 2.45) is 5.41 Å². The fourth-order valence-electron chi connectivity index (χ4n) is 3.89. The Morgan fingerprint density at radius 1 is 1.23 bits per heavy atom. The molecule has 0 N–H and O–H groups in total. The van der Waals surface area contributed by atoms with Gasteiger partial charge in [-0.05, 0) is 30.4 Å². The minimum absolute atomic E-state index is 0.00489. The van der Waals surface area contributed by atoms with Gasteiger partial charge in [0.2, 0.25) is 5.91 Å². The number of methoxy groups -OCH3 is 1. The molecule has 0 saturated heterocycles. The van der Waals surface area contributed by atoms with E-state index in [0.29, 0.717) is 25.1 Å². The Bertz CT molecular complexity index is 1120. The average Bonchev–Trinajstić information content (AvgIpc) is 3.39. The number of amides is 1. The van der Waals surface area contributed by atoms with Crippen molar-refractivity contribution < 1.29 is 22.7 Å². The van der Waals surface area contributed by atoms with Crippen LogP contribution < -0.4 is 0 Å². The number of thiophene rings is 1. The molecule has 0 spiro atoms. The predicted octanol–water partition coefficient (Wildman–Crippen LogP) is 3.04. The highest BCUT2D eigenvalue weighted by molar-refractivity contribution is 7.91. The molecule has 0 bridgehead atoms. The lowest BCUT2D eigenvalue weighted by Crippen LogP contribution is -2.39. The summed E-state index contributed by atoms with van der Waals surface area (Å²) in [6.45, 7) is 2.96. The summed E-state index contributed by atoms with van der Waals surface area (Å²) in [6, 6.07) is 9.29. The van der Waals surface area contributed by atoms with Crippen molar-refractivity contribution >= 4 is 33.2 Å². The first-order valence-electron chi connectivity index (χ1n) is 10.2. The molecule has 0 unspecified atom stereocenters. The zero-order chi connectivity index (χ0) is 22.4. The van der Waals surface area contributed by atoms with Crippen molar-refractivity contribution in [3.63, 3.8) is 0 Å². The van der Waals surface area contributed by atoms with Gasteiger partial charge < -0.3 is 9.64 Å². The Labute approximate surface area is 186 Å². The van der Waals surface area contributed by atoms with Crippen LogP contribution in [-0.2, 0) is 39.1 Å². The van der Waals surface area contributed by atoms with Crippen LogP contribution in [0.15, 0.2) is 34.5 Å². The van der Waals surface area contributed by atoms with Crippen molar-refractivity contribution in [2.75, 3.05) is 20.7 Å². The lowest BCUT2D eigenvalue weighted by atomic mass is 10.0. The van der Waals surface area contributed by atoms with Crippen LogP contribution in [-0.4, -0.2) is 50.2 Å². The van der Waals surface area contributed by atoms with Gasteiger partial charge in [-0.3, -0.25) is 4.79 Å². The number of carbonyl (C=O) groups excluding carboxylic acids is 2. The average molecular weight is 463 g/mol. The van der Waals surface area contributed by atoms with Crippen LogP contribution in [0.2, 0.25) is 0 Å². The summed E-state index contributed by atoms with van der Waals surface area (Å²) in [7, 11) is -1.16. The molecule has 0 atom stereocenters. The van der Waals surface area contributed by atoms with Gasteiger partial charge in [-0.15, -0.1) is 11.3 Å². The minimum Gasteiger partial charge on any atom is -0.465 e. The minimum atomic E-state index is -3.92. The van der Waals surface area contributed by atoms with Crippen molar-refractivity contribution in [3.8, 4) is 0 Å². The molecule has 1 amide bonds. The zero-order valence-corrected chi connectivity index (χ0v) is 19.5. The maximum Gasteiger partial charge on any atom is 0.340 e. The van der Waals surface area contributed by atoms with Gasteiger partial charge in [0.25, 0.3) is 10.0 Å². The molecule has 166 valence electrons. The summed E-state index contributed by atoms with van der Waals surface area (Å²) in [6.07, 6.45) is 2.21. The Kier molecular flexibility index (Phi) is 5.70. The van der Waals surface area contributed by atoms with Crippen molar-refractivity contribution in [1.82, 2.24) is 9.21 Å². The Hall–Kier alpha value is -2.23. The van der Waals surface area contributed by atoms with Gasteiger partial charge in [0.05, 0.1) is 19.2 Å². The molecule has 9 heteroatoms. The fourth-order valence-corrected chi connectivity index (χ4v) is 7.14. The largest absolute Gasteiger partial charge is 0.465 e. The molecule has 1 aromatic heterocycles. The Morgan fingerprint density at radius 2 is 1.90 bits per heavy atom. The standard InChI is InChI=1S/C22H26N2O5S2/c1-22(10-11-22)21(26)24-12-9-16-17(14-24)30-20(18(16)19(25)29-3)31(27,28)23(2)13-15-7-5-4-6-8-15/h4-8H,9-14H2,1-3H3. The smallest absolute Gasteiger partial charge is 0.340 e. The van der Waals surface area contributed by atoms with Crippen LogP contribution >= 0.6 is 11.3 Å². The van der Waals surface area contributed by atoms with E-state index in [9.17, 15) is 18.0 Å². The van der Waals surface area contributed by atoms with Gasteiger partial charge in [-0.25, -0.2) is 13.2 Å². The monoisotopic (exact) mass is 462 g/mol. The van der Waals surface area contributed by atoms with E-state index in [2.05, 4.69) is 0 Å². The number of fused-ring (bicyclic) bond motifs is 1. The highest BCUT2D eigenvalue weighted by atomic mass is 32.2. The van der Waals surface area contributed by atoms with E-state index in [-0.39, 0.29) is 27.6 Å². The molecular formula is C22H26N2O5S2. The third-order valence-electron chi connectivity index (χ3n) is 6.11. The summed E-state index contributed by atoms with van der Waals surface area (Å²) >= 11 is 1.08. The number of sulfonamides is 1. The Morgan fingerprint density at radius 3 is 2.52 bits per heavy atom. The van der Waals surface area contributed by atoms with Crippen molar-refractivity contribution in [3.05, 3.63) is 51.9 Å². The summed E-state index contributed by atoms with van der Waals surface area (Å²) < 4.78 is 33.0. The molecule has 4 rings (SSSR count). The van der Waals surface area contributed by atoms with Crippen LogP contribution in [0.1, 0.15) is 46.1 Å². The number of ether oxygens (including phenoxy) is 1. The fraction of sp³-hybridized carbons (Fsp3) is 0.455. The number of benzene rings is 1. The van der Waals surface area contributed by atoms with Crippen LogP contribution in [0.4, 0.5) is 0 Å². The second-order valence-corrected chi connectivity index (χ2v) is 11.8. The molecule has 2 aromatic rings. The van der Waals surface area contributed by atoms with Crippen LogP contribution in [0, 0.1) is 5.41 Å². The second kappa shape index (κ2) is 8.03. The number of esters is 1. The van der Waals surface area contributed by atoms with Crippen LogP contribution in [0.5, 0.6) is 0 Å². The molecule has 0 radical (unpaired) electrons. The maximum absolute atomic E-state index is 13.4. The number of hydrogen-bond donors (Lipinski definition) is 0. The van der Waals surface area contributed by atoms with E-state index in [0.717, 1.165) is 34.6 Å². The SMILES string of the molecule is COC(=O)c1c(S(=O)(=O)N(C)Cc2ccccc2)sc2c1CCN(C(=O)C1(C)CC1)C2. The maximum atomic E-state index is 13.4. The Balaban J connectivity index is 1.68. The molecule has 1 saturated carbocycles. The van der Waals surface area contributed by atoms with Gasteiger partial charge >= 0.3 is 5.97 Å². The van der Waals surface area contributed by atoms with Gasteiger partial charge in [-0.1, -0.05) is 37.3 Å². The highest BCUT2D eigenvalue weighted by Gasteiger charge is 2.48. The van der Waals surface area contributed by atoms with Crippen molar-refractivity contribution in [1.29, 1.82) is 0 Å². The zero-order valence-electron chi connectivity index (χ0n) is 17.9. The first kappa shape index (κ1) is 22.0. The van der Waals surface area contributed by atoms with Crippen LogP contribution in [0.3, 0.4) is 0 Å². The summed E-state index contributed by atoms with van der Waals surface area (Å²) in [5, 5.41) is 0. The van der Waals surface area contributed by atoms with E-state index < -0.39 is 16.0 Å². The normalized spacial score (nSPS) is 17.4. The quantitative estimate of drug-likeness (QED) is 0.616. The number of carbonyl (C=O) groups is 2. The number of nitrogens with zero attached hydrogens (tertiary/aromatic N) is 2. The molecular weight excluding hydrogens is 436 g/mol. The lowest BCUT2D eigenvalue weighted by molar-refractivity contribution is -0.137. The number of hydrogen-bond acceptors (Lipinski definition) is 6. The van der Waals surface area contributed by atoms with E-state index in [1.165, 1.54) is 18.5 Å². The van der Waals surface area contributed by atoms with Crippen LogP contribution in [0.25, 0.3) is 0 Å². The lowest BCUT2D eigenvalue weighted by Gasteiger charge is -2.29. The molecule has 1 aromatic carbocycles. The van der Waals surface area contributed by atoms with Gasteiger partial charge in [0.1, 0.15) is 4.21 Å². The first-order valence-corrected chi connectivity index (χ1v) is 12.5. The summed E-state index contributed by atoms with van der Waals surface area (Å²) in [5.74, 6) is -0.546. The van der Waals surface area contributed by atoms with E-state index >= 15 is 0 Å². The van der Waals surface area contributed by atoms with Gasteiger partial charge in [0, 0.05) is 30.4 Å². The topological polar surface area (TPSA) is 84.0 Å². The molecule has 1 fully saturated rings. The summed E-state index contributed by atoms with van der Waals surface area (Å²) in [5.41, 5.74) is 1.37. The third kappa shape index (κ3) is 4.02. The molecule has 7 nitrogen and oxygen atoms in total. The second-order valence-electron chi connectivity index (χ2n) is 8.44. The van der Waals surface area contributed by atoms with Gasteiger partial charge in [-0.2, -0.15) is 4.31 Å². The van der Waals surface area contributed by atoms with Crippen molar-refractivity contribution in [2.45, 2.75) is 43.5 Å². The number of rotatable bonds is 6. The molecule has 1 aliphatic carbocycles. The first-order chi connectivity index (χ1) is 14.7. The molecule has 2 heterocycles.